The third kappa shape index (κ3) is 4.41. The molecule has 2 amide bonds. The Balaban J connectivity index is 1.57. The van der Waals surface area contributed by atoms with Gasteiger partial charge in [-0.1, -0.05) is 13.8 Å². The van der Waals surface area contributed by atoms with Gasteiger partial charge >= 0.3 is 6.09 Å². The topological polar surface area (TPSA) is 111 Å². The molecule has 9 heteroatoms. The first-order valence-corrected chi connectivity index (χ1v) is 11.4. The number of likely N-dealkylation sites (tertiary alicyclic amines) is 1. The highest BCUT2D eigenvalue weighted by Crippen LogP contribution is 2.41. The Morgan fingerprint density at radius 2 is 1.90 bits per heavy atom. The van der Waals surface area contributed by atoms with E-state index in [0.717, 1.165) is 68.7 Å². The van der Waals surface area contributed by atoms with Crippen LogP contribution < -0.4 is 15.5 Å². The van der Waals surface area contributed by atoms with Crippen molar-refractivity contribution >= 4 is 23.8 Å². The summed E-state index contributed by atoms with van der Waals surface area (Å²) in [7, 11) is 1.67. The number of aryl methyl sites for hydroxylation is 1. The maximum absolute atomic E-state index is 12.5. The lowest BCUT2D eigenvalue weighted by molar-refractivity contribution is -0.121. The first-order valence-electron chi connectivity index (χ1n) is 11.4. The molecule has 1 aliphatic carbocycles. The van der Waals surface area contributed by atoms with Crippen molar-refractivity contribution in [1.82, 2.24) is 20.2 Å². The van der Waals surface area contributed by atoms with E-state index in [1.807, 2.05) is 0 Å². The van der Waals surface area contributed by atoms with Crippen LogP contribution in [0.15, 0.2) is 0 Å². The van der Waals surface area contributed by atoms with Crippen molar-refractivity contribution in [1.29, 1.82) is 0 Å². The number of amides is 2. The van der Waals surface area contributed by atoms with Gasteiger partial charge in [0.25, 0.3) is 0 Å². The monoisotopic (exact) mass is 430 g/mol. The lowest BCUT2D eigenvalue weighted by Crippen LogP contribution is -2.59. The summed E-state index contributed by atoms with van der Waals surface area (Å²) in [4.78, 5) is 37.2. The molecule has 3 heterocycles. The average molecular weight is 431 g/mol. The molecular weight excluding hydrogens is 396 g/mol. The van der Waals surface area contributed by atoms with Crippen molar-refractivity contribution in [3.05, 3.63) is 11.3 Å². The van der Waals surface area contributed by atoms with Gasteiger partial charge in [-0.05, 0) is 44.4 Å². The summed E-state index contributed by atoms with van der Waals surface area (Å²) < 4.78 is 0. The zero-order valence-electron chi connectivity index (χ0n) is 18.8. The molecule has 2 aliphatic heterocycles. The van der Waals surface area contributed by atoms with Crippen LogP contribution in [-0.4, -0.2) is 71.2 Å². The van der Waals surface area contributed by atoms with Gasteiger partial charge in [-0.3, -0.25) is 4.79 Å². The number of likely N-dealkylation sites (N-methyl/N-ethyl adjacent to an activating group) is 1. The summed E-state index contributed by atoms with van der Waals surface area (Å²) in [5, 5.41) is 15.4. The Morgan fingerprint density at radius 1 is 1.16 bits per heavy atom. The number of hydrogen-bond donors (Lipinski definition) is 3. The lowest BCUT2D eigenvalue weighted by atomic mass is 9.79. The van der Waals surface area contributed by atoms with Gasteiger partial charge < -0.3 is 25.5 Å². The van der Waals surface area contributed by atoms with Crippen molar-refractivity contribution in [2.24, 2.45) is 11.3 Å². The summed E-state index contributed by atoms with van der Waals surface area (Å²) >= 11 is 0. The molecule has 1 spiro atoms. The van der Waals surface area contributed by atoms with Crippen LogP contribution in [0, 0.1) is 11.3 Å². The van der Waals surface area contributed by atoms with E-state index in [9.17, 15) is 14.7 Å². The molecule has 0 aromatic carbocycles. The predicted molar refractivity (Wildman–Crippen MR) is 118 cm³/mol. The van der Waals surface area contributed by atoms with Crippen molar-refractivity contribution in [2.75, 3.05) is 43.4 Å². The van der Waals surface area contributed by atoms with Crippen molar-refractivity contribution in [3.8, 4) is 0 Å². The second-order valence-electron chi connectivity index (χ2n) is 9.76. The van der Waals surface area contributed by atoms with E-state index in [1.165, 1.54) is 4.90 Å². The SMILES string of the molecule is CNC(=O)[C@H](CC(C)C)Nc1nc(N2CCC3(CN(C(=O)O)C3)C2)nc2c1CCCC2. The highest BCUT2D eigenvalue weighted by Gasteiger charge is 2.50. The van der Waals surface area contributed by atoms with Crippen molar-refractivity contribution < 1.29 is 14.7 Å². The zero-order valence-corrected chi connectivity index (χ0v) is 18.8. The van der Waals surface area contributed by atoms with Gasteiger partial charge in [0.15, 0.2) is 0 Å². The summed E-state index contributed by atoms with van der Waals surface area (Å²) in [6, 6.07) is -0.334. The van der Waals surface area contributed by atoms with Crippen LogP contribution in [0.25, 0.3) is 0 Å². The fraction of sp³-hybridized carbons (Fsp3) is 0.727. The van der Waals surface area contributed by atoms with Crippen molar-refractivity contribution in [2.45, 2.75) is 58.4 Å². The Morgan fingerprint density at radius 3 is 2.58 bits per heavy atom. The summed E-state index contributed by atoms with van der Waals surface area (Å²) in [5.74, 6) is 1.84. The van der Waals surface area contributed by atoms with E-state index < -0.39 is 6.09 Å². The van der Waals surface area contributed by atoms with Crippen LogP contribution in [0.1, 0.15) is 50.8 Å². The number of nitrogens with zero attached hydrogens (tertiary/aromatic N) is 4. The molecule has 1 aromatic heterocycles. The molecule has 3 aliphatic rings. The van der Waals surface area contributed by atoms with Gasteiger partial charge in [-0.2, -0.15) is 4.98 Å². The number of carbonyl (C=O) groups excluding carboxylic acids is 1. The van der Waals surface area contributed by atoms with E-state index in [-0.39, 0.29) is 17.4 Å². The molecule has 1 aromatic rings. The Kier molecular flexibility index (Phi) is 5.94. The minimum absolute atomic E-state index is 0.0213. The minimum Gasteiger partial charge on any atom is -0.465 e. The average Bonchev–Trinajstić information content (AvgIpc) is 3.17. The number of nitrogens with one attached hydrogen (secondary N) is 2. The van der Waals surface area contributed by atoms with Crippen molar-refractivity contribution in [3.63, 3.8) is 0 Å². The summed E-state index contributed by atoms with van der Waals surface area (Å²) in [5.41, 5.74) is 2.25. The lowest BCUT2D eigenvalue weighted by Gasteiger charge is -2.46. The molecule has 0 radical (unpaired) electrons. The van der Waals surface area contributed by atoms with E-state index in [0.29, 0.717) is 25.0 Å². The van der Waals surface area contributed by atoms with E-state index in [4.69, 9.17) is 9.97 Å². The smallest absolute Gasteiger partial charge is 0.407 e. The first kappa shape index (κ1) is 21.6. The normalized spacial score (nSPS) is 20.4. The summed E-state index contributed by atoms with van der Waals surface area (Å²) in [6.07, 6.45) is 4.92. The number of rotatable bonds is 6. The third-order valence-corrected chi connectivity index (χ3v) is 6.80. The third-order valence-electron chi connectivity index (χ3n) is 6.80. The molecular formula is C22H34N6O3. The second kappa shape index (κ2) is 8.51. The quantitative estimate of drug-likeness (QED) is 0.634. The molecule has 2 saturated heterocycles. The Labute approximate surface area is 183 Å². The van der Waals surface area contributed by atoms with Crippen LogP contribution in [0.3, 0.4) is 0 Å². The zero-order chi connectivity index (χ0) is 22.2. The number of carboxylic acid groups (broad SMARTS) is 1. The maximum Gasteiger partial charge on any atom is 0.407 e. The molecule has 0 saturated carbocycles. The summed E-state index contributed by atoms with van der Waals surface area (Å²) in [6.45, 7) is 7.00. The Bertz CT molecular complexity index is 852. The van der Waals surface area contributed by atoms with Gasteiger partial charge in [-0.25, -0.2) is 9.78 Å². The van der Waals surface area contributed by atoms with Gasteiger partial charge in [0.2, 0.25) is 11.9 Å². The molecule has 0 unspecified atom stereocenters. The van der Waals surface area contributed by atoms with E-state index in [1.54, 1.807) is 7.05 Å². The van der Waals surface area contributed by atoms with Crippen LogP contribution in [0.5, 0.6) is 0 Å². The molecule has 3 N–H and O–H groups in total. The number of hydrogen-bond acceptors (Lipinski definition) is 6. The highest BCUT2D eigenvalue weighted by molar-refractivity contribution is 5.84. The largest absolute Gasteiger partial charge is 0.465 e. The van der Waals surface area contributed by atoms with Crippen LogP contribution >= 0.6 is 0 Å². The fourth-order valence-electron chi connectivity index (χ4n) is 5.15. The molecule has 31 heavy (non-hydrogen) atoms. The molecule has 1 atom stereocenters. The molecule has 170 valence electrons. The van der Waals surface area contributed by atoms with Gasteiger partial charge in [0.05, 0.1) is 5.69 Å². The first-order chi connectivity index (χ1) is 14.8. The number of fused-ring (bicyclic) bond motifs is 1. The molecule has 0 bridgehead atoms. The molecule has 4 rings (SSSR count). The second-order valence-corrected chi connectivity index (χ2v) is 9.76. The Hall–Kier alpha value is -2.58. The van der Waals surface area contributed by atoms with Gasteiger partial charge in [0.1, 0.15) is 11.9 Å². The standard InChI is InChI=1S/C22H34N6O3/c1-14(2)10-17(19(29)23-3)24-18-15-6-4-5-7-16(15)25-20(26-18)27-9-8-22(11-27)12-28(13-22)21(30)31/h14,17H,4-13H2,1-3H3,(H,23,29)(H,30,31)(H,24,25,26)/t17-/m0/s1. The van der Waals surface area contributed by atoms with Crippen LogP contribution in [0.2, 0.25) is 0 Å². The van der Waals surface area contributed by atoms with E-state index in [2.05, 4.69) is 29.4 Å². The number of anilines is 2. The van der Waals surface area contributed by atoms with Gasteiger partial charge in [-0.15, -0.1) is 0 Å². The van der Waals surface area contributed by atoms with Gasteiger partial charge in [0, 0.05) is 44.2 Å². The molecule has 2 fully saturated rings. The molecule has 9 nitrogen and oxygen atoms in total. The predicted octanol–water partition coefficient (Wildman–Crippen LogP) is 2.12. The number of aromatic nitrogens is 2. The van der Waals surface area contributed by atoms with Crippen LogP contribution in [0.4, 0.5) is 16.6 Å². The minimum atomic E-state index is -0.842. The highest BCUT2D eigenvalue weighted by atomic mass is 16.4. The maximum atomic E-state index is 12.5. The van der Waals surface area contributed by atoms with Crippen LogP contribution in [-0.2, 0) is 17.6 Å². The van der Waals surface area contributed by atoms with E-state index >= 15 is 0 Å². The fourth-order valence-corrected chi connectivity index (χ4v) is 5.15. The number of carbonyl (C=O) groups is 2.